The van der Waals surface area contributed by atoms with E-state index in [0.29, 0.717) is 10.8 Å². The summed E-state index contributed by atoms with van der Waals surface area (Å²) in [7, 11) is 0. The second kappa shape index (κ2) is 6.58. The summed E-state index contributed by atoms with van der Waals surface area (Å²) in [4.78, 5) is 23.2. The Morgan fingerprint density at radius 3 is 2.60 bits per heavy atom. The maximum atomic E-state index is 11.7. The first kappa shape index (κ1) is 13.9. The van der Waals surface area contributed by atoms with Crippen LogP contribution in [0.1, 0.15) is 16.1 Å². The number of halogens is 1. The molecule has 0 radical (unpaired) electrons. The molecule has 0 fully saturated rings. The summed E-state index contributed by atoms with van der Waals surface area (Å²) in [6.07, 6.45) is 4.22. The Labute approximate surface area is 120 Å². The summed E-state index contributed by atoms with van der Waals surface area (Å²) >= 11 is 5.86. The molecule has 0 aliphatic rings. The molecular weight excluding hydrogens is 280 g/mol. The van der Waals surface area contributed by atoms with E-state index < -0.39 is 11.8 Å². The van der Waals surface area contributed by atoms with Gasteiger partial charge in [-0.2, -0.15) is 0 Å². The van der Waals surface area contributed by atoms with Crippen molar-refractivity contribution in [3.8, 4) is 0 Å². The van der Waals surface area contributed by atoms with Crippen molar-refractivity contribution in [3.05, 3.63) is 65.1 Å². The Kier molecular flexibility index (Phi) is 4.57. The second-order valence-electron chi connectivity index (χ2n) is 3.77. The number of carbonyl (C=O) groups excluding carboxylic acids is 2. The van der Waals surface area contributed by atoms with Crippen molar-refractivity contribution < 1.29 is 14.0 Å². The number of amides is 2. The Balaban J connectivity index is 1.87. The Hall–Kier alpha value is -2.53. The molecule has 0 spiro atoms. The van der Waals surface area contributed by atoms with E-state index in [0.717, 1.165) is 0 Å². The molecule has 2 amide bonds. The van der Waals surface area contributed by atoms with E-state index in [2.05, 4.69) is 10.9 Å². The van der Waals surface area contributed by atoms with Gasteiger partial charge < -0.3 is 4.42 Å². The van der Waals surface area contributed by atoms with E-state index in [1.807, 2.05) is 0 Å². The standard InChI is InChI=1S/C14H11ClN2O3/c15-12-6-2-1-5-11(12)14(19)17-16-13(18)8-7-10-4-3-9-20-10/h1-9H,(H,16,18)(H,17,19)/b8-7+. The summed E-state index contributed by atoms with van der Waals surface area (Å²) in [6.45, 7) is 0. The number of nitrogens with one attached hydrogen (secondary N) is 2. The SMILES string of the molecule is O=C(/C=C/c1ccco1)NNC(=O)c1ccccc1Cl. The van der Waals surface area contributed by atoms with Crippen LogP contribution in [-0.2, 0) is 4.79 Å². The molecule has 5 nitrogen and oxygen atoms in total. The number of hydrogen-bond acceptors (Lipinski definition) is 3. The first-order chi connectivity index (χ1) is 9.66. The summed E-state index contributed by atoms with van der Waals surface area (Å²) in [5.41, 5.74) is 4.79. The molecule has 1 aromatic carbocycles. The molecule has 1 heterocycles. The van der Waals surface area contributed by atoms with Gasteiger partial charge in [-0.3, -0.25) is 20.4 Å². The topological polar surface area (TPSA) is 71.3 Å². The van der Waals surface area contributed by atoms with Gasteiger partial charge in [-0.15, -0.1) is 0 Å². The van der Waals surface area contributed by atoms with Crippen LogP contribution in [0.3, 0.4) is 0 Å². The Morgan fingerprint density at radius 2 is 1.90 bits per heavy atom. The van der Waals surface area contributed by atoms with Crippen molar-refractivity contribution in [2.24, 2.45) is 0 Å². The third kappa shape index (κ3) is 3.73. The predicted molar refractivity (Wildman–Crippen MR) is 74.8 cm³/mol. The molecular formula is C14H11ClN2O3. The summed E-state index contributed by atoms with van der Waals surface area (Å²) in [6, 6.07) is 9.95. The lowest BCUT2D eigenvalue weighted by Gasteiger charge is -2.06. The predicted octanol–water partition coefficient (Wildman–Crippen LogP) is 2.41. The highest BCUT2D eigenvalue weighted by molar-refractivity contribution is 6.33. The maximum Gasteiger partial charge on any atom is 0.271 e. The van der Waals surface area contributed by atoms with Crippen molar-refractivity contribution in [3.63, 3.8) is 0 Å². The number of hydrogen-bond donors (Lipinski definition) is 2. The molecule has 0 saturated carbocycles. The third-order valence-corrected chi connectivity index (χ3v) is 2.69. The molecule has 1 aromatic heterocycles. The highest BCUT2D eigenvalue weighted by Gasteiger charge is 2.09. The van der Waals surface area contributed by atoms with Crippen LogP contribution in [0.25, 0.3) is 6.08 Å². The van der Waals surface area contributed by atoms with Gasteiger partial charge in [0.25, 0.3) is 11.8 Å². The lowest BCUT2D eigenvalue weighted by atomic mass is 10.2. The summed E-state index contributed by atoms with van der Waals surface area (Å²) < 4.78 is 5.02. The van der Waals surface area contributed by atoms with Gasteiger partial charge in [0.2, 0.25) is 0 Å². The van der Waals surface area contributed by atoms with Crippen LogP contribution in [0.2, 0.25) is 5.02 Å². The molecule has 2 rings (SSSR count). The van der Waals surface area contributed by atoms with Crippen molar-refractivity contribution in [2.45, 2.75) is 0 Å². The first-order valence-electron chi connectivity index (χ1n) is 5.73. The van der Waals surface area contributed by atoms with E-state index in [4.69, 9.17) is 16.0 Å². The van der Waals surface area contributed by atoms with Crippen molar-refractivity contribution in [1.82, 2.24) is 10.9 Å². The monoisotopic (exact) mass is 290 g/mol. The van der Waals surface area contributed by atoms with Crippen LogP contribution < -0.4 is 10.9 Å². The van der Waals surface area contributed by atoms with Crippen LogP contribution >= 0.6 is 11.6 Å². The highest BCUT2D eigenvalue weighted by atomic mass is 35.5. The molecule has 0 bridgehead atoms. The van der Waals surface area contributed by atoms with Gasteiger partial charge >= 0.3 is 0 Å². The highest BCUT2D eigenvalue weighted by Crippen LogP contribution is 2.14. The Morgan fingerprint density at radius 1 is 1.10 bits per heavy atom. The lowest BCUT2D eigenvalue weighted by Crippen LogP contribution is -2.40. The van der Waals surface area contributed by atoms with E-state index in [1.54, 1.807) is 36.4 Å². The summed E-state index contributed by atoms with van der Waals surface area (Å²) in [5, 5.41) is 0.311. The van der Waals surface area contributed by atoms with Crippen molar-refractivity contribution in [2.75, 3.05) is 0 Å². The van der Waals surface area contributed by atoms with Crippen LogP contribution in [0.5, 0.6) is 0 Å². The molecule has 2 aromatic rings. The average molecular weight is 291 g/mol. The molecule has 0 atom stereocenters. The minimum absolute atomic E-state index is 0.282. The molecule has 0 unspecified atom stereocenters. The maximum absolute atomic E-state index is 11.7. The molecule has 2 N–H and O–H groups in total. The van der Waals surface area contributed by atoms with E-state index >= 15 is 0 Å². The lowest BCUT2D eigenvalue weighted by molar-refractivity contribution is -0.117. The molecule has 6 heteroatoms. The minimum atomic E-state index is -0.490. The zero-order chi connectivity index (χ0) is 14.4. The number of furan rings is 1. The van der Waals surface area contributed by atoms with E-state index in [1.165, 1.54) is 18.4 Å². The minimum Gasteiger partial charge on any atom is -0.465 e. The largest absolute Gasteiger partial charge is 0.465 e. The smallest absolute Gasteiger partial charge is 0.271 e. The quantitative estimate of drug-likeness (QED) is 0.673. The van der Waals surface area contributed by atoms with Gasteiger partial charge in [-0.1, -0.05) is 23.7 Å². The number of carbonyl (C=O) groups is 2. The first-order valence-corrected chi connectivity index (χ1v) is 6.11. The van der Waals surface area contributed by atoms with Gasteiger partial charge in [0.1, 0.15) is 5.76 Å². The van der Waals surface area contributed by atoms with Crippen LogP contribution in [-0.4, -0.2) is 11.8 Å². The molecule has 0 saturated heterocycles. The normalized spacial score (nSPS) is 10.4. The fraction of sp³-hybridized carbons (Fsp3) is 0. The third-order valence-electron chi connectivity index (χ3n) is 2.36. The zero-order valence-electron chi connectivity index (χ0n) is 10.3. The number of benzene rings is 1. The van der Waals surface area contributed by atoms with Crippen molar-refractivity contribution in [1.29, 1.82) is 0 Å². The van der Waals surface area contributed by atoms with Gasteiger partial charge in [-0.25, -0.2) is 0 Å². The van der Waals surface area contributed by atoms with Gasteiger partial charge in [-0.05, 0) is 30.3 Å². The van der Waals surface area contributed by atoms with Crippen LogP contribution in [0.4, 0.5) is 0 Å². The van der Waals surface area contributed by atoms with E-state index in [9.17, 15) is 9.59 Å². The Bertz CT molecular complexity index is 636. The number of rotatable bonds is 3. The second-order valence-corrected chi connectivity index (χ2v) is 4.18. The van der Waals surface area contributed by atoms with Gasteiger partial charge in [0.15, 0.2) is 0 Å². The molecule has 0 aliphatic heterocycles. The molecule has 102 valence electrons. The fourth-order valence-corrected chi connectivity index (χ4v) is 1.64. The van der Waals surface area contributed by atoms with Gasteiger partial charge in [0.05, 0.1) is 16.8 Å². The van der Waals surface area contributed by atoms with Crippen LogP contribution in [0, 0.1) is 0 Å². The van der Waals surface area contributed by atoms with Gasteiger partial charge in [0, 0.05) is 6.08 Å². The van der Waals surface area contributed by atoms with E-state index in [-0.39, 0.29) is 5.56 Å². The number of hydrazine groups is 1. The fourth-order valence-electron chi connectivity index (χ4n) is 1.42. The average Bonchev–Trinajstić information content (AvgIpc) is 2.96. The van der Waals surface area contributed by atoms with Crippen molar-refractivity contribution >= 4 is 29.5 Å². The molecule has 20 heavy (non-hydrogen) atoms. The zero-order valence-corrected chi connectivity index (χ0v) is 11.1. The summed E-state index contributed by atoms with van der Waals surface area (Å²) in [5.74, 6) is -0.435. The van der Waals surface area contributed by atoms with Crippen LogP contribution in [0.15, 0.2) is 53.2 Å². The molecule has 0 aliphatic carbocycles.